The molecule has 1 aliphatic heterocycles. The molecule has 1 N–H and O–H groups in total. The van der Waals surface area contributed by atoms with E-state index in [4.69, 9.17) is 0 Å². The zero-order valence-electron chi connectivity index (χ0n) is 12.0. The first-order valence-electron chi connectivity index (χ1n) is 6.92. The number of nitrogens with zero attached hydrogens (tertiary/aromatic N) is 2. The summed E-state index contributed by atoms with van der Waals surface area (Å²) in [5, 5.41) is 3.33. The van der Waals surface area contributed by atoms with Crippen LogP contribution >= 0.6 is 0 Å². The molecule has 19 heavy (non-hydrogen) atoms. The van der Waals surface area contributed by atoms with Crippen LogP contribution < -0.4 is 5.32 Å². The van der Waals surface area contributed by atoms with Crippen LogP contribution in [0.3, 0.4) is 0 Å². The third-order valence-electron chi connectivity index (χ3n) is 4.19. The van der Waals surface area contributed by atoms with Crippen LogP contribution in [0, 0.1) is 11.3 Å². The number of rotatable bonds is 4. The Morgan fingerprint density at radius 1 is 1.53 bits per heavy atom. The van der Waals surface area contributed by atoms with Crippen molar-refractivity contribution in [2.24, 2.45) is 11.3 Å². The number of carbonyl (C=O) groups excluding carboxylic acids is 1. The van der Waals surface area contributed by atoms with E-state index >= 15 is 0 Å². The molecular weight excluding hydrogens is 238 g/mol. The lowest BCUT2D eigenvalue weighted by Gasteiger charge is -2.35. The number of amides is 1. The van der Waals surface area contributed by atoms with Crippen LogP contribution in [0.2, 0.25) is 0 Å². The van der Waals surface area contributed by atoms with Crippen LogP contribution in [0.25, 0.3) is 0 Å². The molecule has 0 aromatic carbocycles. The molecule has 2 rings (SSSR count). The van der Waals surface area contributed by atoms with Crippen molar-refractivity contribution >= 4 is 5.91 Å². The number of aromatic nitrogens is 1. The quantitative estimate of drug-likeness (QED) is 0.897. The second-order valence-corrected chi connectivity index (χ2v) is 5.72. The lowest BCUT2D eigenvalue weighted by molar-refractivity contribution is -0.143. The van der Waals surface area contributed by atoms with Crippen LogP contribution in [0.4, 0.5) is 0 Å². The maximum atomic E-state index is 12.8. The molecule has 0 saturated carbocycles. The van der Waals surface area contributed by atoms with Gasteiger partial charge in [-0.05, 0) is 31.0 Å². The lowest BCUT2D eigenvalue weighted by Crippen LogP contribution is -2.46. The Bertz CT molecular complexity index is 424. The SMILES string of the molecule is CC(C)C1(C(=O)N(C)Cc2ccccn2)CCNC1. The second-order valence-electron chi connectivity index (χ2n) is 5.72. The molecule has 4 nitrogen and oxygen atoms in total. The topological polar surface area (TPSA) is 45.2 Å². The van der Waals surface area contributed by atoms with Gasteiger partial charge in [-0.3, -0.25) is 9.78 Å². The summed E-state index contributed by atoms with van der Waals surface area (Å²) in [6, 6.07) is 5.80. The van der Waals surface area contributed by atoms with Crippen LogP contribution in [-0.4, -0.2) is 35.9 Å². The summed E-state index contributed by atoms with van der Waals surface area (Å²) >= 11 is 0. The van der Waals surface area contributed by atoms with E-state index in [1.54, 1.807) is 6.20 Å². The van der Waals surface area contributed by atoms with Gasteiger partial charge in [0.1, 0.15) is 0 Å². The Kier molecular flexibility index (Phi) is 4.20. The highest BCUT2D eigenvalue weighted by Gasteiger charge is 2.45. The molecular formula is C15H23N3O. The third-order valence-corrected chi connectivity index (χ3v) is 4.19. The van der Waals surface area contributed by atoms with Crippen molar-refractivity contribution < 1.29 is 4.79 Å². The number of hydrogen-bond donors (Lipinski definition) is 1. The molecule has 104 valence electrons. The first kappa shape index (κ1) is 14.0. The maximum Gasteiger partial charge on any atom is 0.230 e. The zero-order chi connectivity index (χ0) is 13.9. The van der Waals surface area contributed by atoms with Crippen molar-refractivity contribution in [3.05, 3.63) is 30.1 Å². The average Bonchev–Trinajstić information content (AvgIpc) is 2.89. The minimum Gasteiger partial charge on any atom is -0.339 e. The van der Waals surface area contributed by atoms with Gasteiger partial charge in [0.25, 0.3) is 0 Å². The predicted octanol–water partition coefficient (Wildman–Crippen LogP) is 1.68. The Labute approximate surface area is 115 Å². The Morgan fingerprint density at radius 2 is 2.32 bits per heavy atom. The van der Waals surface area contributed by atoms with E-state index in [1.165, 1.54) is 0 Å². The predicted molar refractivity (Wildman–Crippen MR) is 75.5 cm³/mol. The van der Waals surface area contributed by atoms with Crippen molar-refractivity contribution in [2.45, 2.75) is 26.8 Å². The maximum absolute atomic E-state index is 12.8. The average molecular weight is 261 g/mol. The van der Waals surface area contributed by atoms with E-state index in [0.29, 0.717) is 12.5 Å². The number of hydrogen-bond acceptors (Lipinski definition) is 3. The number of pyridine rings is 1. The summed E-state index contributed by atoms with van der Waals surface area (Å²) in [5.74, 6) is 0.583. The van der Waals surface area contributed by atoms with Gasteiger partial charge >= 0.3 is 0 Å². The first-order chi connectivity index (χ1) is 9.06. The lowest BCUT2D eigenvalue weighted by atomic mass is 9.75. The van der Waals surface area contributed by atoms with E-state index in [-0.39, 0.29) is 11.3 Å². The molecule has 0 bridgehead atoms. The Morgan fingerprint density at radius 3 is 2.84 bits per heavy atom. The number of nitrogens with one attached hydrogen (secondary N) is 1. The van der Waals surface area contributed by atoms with Gasteiger partial charge in [-0.2, -0.15) is 0 Å². The minimum atomic E-state index is -0.246. The van der Waals surface area contributed by atoms with E-state index in [1.807, 2.05) is 30.1 Å². The molecule has 1 aromatic heterocycles. The van der Waals surface area contributed by atoms with Crippen LogP contribution in [0.15, 0.2) is 24.4 Å². The van der Waals surface area contributed by atoms with Gasteiger partial charge in [0, 0.05) is 19.8 Å². The third kappa shape index (κ3) is 2.78. The van der Waals surface area contributed by atoms with Gasteiger partial charge in [0.15, 0.2) is 0 Å². The summed E-state index contributed by atoms with van der Waals surface area (Å²) in [7, 11) is 1.87. The highest BCUT2D eigenvalue weighted by molar-refractivity contribution is 5.83. The minimum absolute atomic E-state index is 0.234. The fourth-order valence-electron chi connectivity index (χ4n) is 2.82. The summed E-state index contributed by atoms with van der Waals surface area (Å²) in [6.07, 6.45) is 2.69. The molecule has 4 heteroatoms. The Hall–Kier alpha value is -1.42. The summed E-state index contributed by atoms with van der Waals surface area (Å²) < 4.78 is 0. The molecule has 1 aliphatic rings. The van der Waals surface area contributed by atoms with Gasteiger partial charge in [-0.1, -0.05) is 19.9 Å². The van der Waals surface area contributed by atoms with Gasteiger partial charge in [0.05, 0.1) is 17.7 Å². The molecule has 0 radical (unpaired) electrons. The molecule has 1 amide bonds. The van der Waals surface area contributed by atoms with Crippen molar-refractivity contribution in [3.63, 3.8) is 0 Å². The second kappa shape index (κ2) is 5.70. The van der Waals surface area contributed by atoms with Gasteiger partial charge in [-0.15, -0.1) is 0 Å². The summed E-state index contributed by atoms with van der Waals surface area (Å²) in [5.41, 5.74) is 0.687. The molecule has 1 fully saturated rings. The van der Waals surface area contributed by atoms with Gasteiger partial charge in [0.2, 0.25) is 5.91 Å². The van der Waals surface area contributed by atoms with E-state index in [2.05, 4.69) is 24.1 Å². The highest BCUT2D eigenvalue weighted by atomic mass is 16.2. The first-order valence-corrected chi connectivity index (χ1v) is 6.92. The molecule has 1 unspecified atom stereocenters. The molecule has 1 atom stereocenters. The standard InChI is InChI=1S/C15H23N3O/c1-12(2)15(7-9-16-11-15)14(19)18(3)10-13-6-4-5-8-17-13/h4-6,8,12,16H,7,9-11H2,1-3H3. The smallest absolute Gasteiger partial charge is 0.230 e. The van der Waals surface area contributed by atoms with Gasteiger partial charge in [-0.25, -0.2) is 0 Å². The molecule has 0 aliphatic carbocycles. The fraction of sp³-hybridized carbons (Fsp3) is 0.600. The molecule has 1 saturated heterocycles. The fourth-order valence-corrected chi connectivity index (χ4v) is 2.82. The molecule has 2 heterocycles. The van der Waals surface area contributed by atoms with Crippen LogP contribution in [0.1, 0.15) is 26.0 Å². The number of carbonyl (C=O) groups is 1. The largest absolute Gasteiger partial charge is 0.339 e. The van der Waals surface area contributed by atoms with Gasteiger partial charge < -0.3 is 10.2 Å². The van der Waals surface area contributed by atoms with Crippen molar-refractivity contribution in [1.29, 1.82) is 0 Å². The highest BCUT2D eigenvalue weighted by Crippen LogP contribution is 2.36. The van der Waals surface area contributed by atoms with E-state index < -0.39 is 0 Å². The van der Waals surface area contributed by atoms with E-state index in [9.17, 15) is 4.79 Å². The van der Waals surface area contributed by atoms with Crippen molar-refractivity contribution in [1.82, 2.24) is 15.2 Å². The Balaban J connectivity index is 2.10. The van der Waals surface area contributed by atoms with Crippen molar-refractivity contribution in [3.8, 4) is 0 Å². The molecule has 0 spiro atoms. The van der Waals surface area contributed by atoms with Crippen LogP contribution in [-0.2, 0) is 11.3 Å². The normalized spacial score (nSPS) is 22.7. The summed E-state index contributed by atoms with van der Waals surface area (Å²) in [4.78, 5) is 18.9. The van der Waals surface area contributed by atoms with Crippen LogP contribution in [0.5, 0.6) is 0 Å². The zero-order valence-corrected chi connectivity index (χ0v) is 12.0. The summed E-state index contributed by atoms with van der Waals surface area (Å²) in [6.45, 7) is 6.57. The van der Waals surface area contributed by atoms with Crippen molar-refractivity contribution in [2.75, 3.05) is 20.1 Å². The monoisotopic (exact) mass is 261 g/mol. The van der Waals surface area contributed by atoms with E-state index in [0.717, 1.165) is 25.2 Å². The molecule has 1 aromatic rings.